The lowest BCUT2D eigenvalue weighted by atomic mass is 9.99. The van der Waals surface area contributed by atoms with E-state index in [0.717, 1.165) is 11.3 Å². The SMILES string of the molecule is CC(C)=CCN1c2cc(C(=O)c3ccccc3)ccc2Nc2c(C(=O)O[C@@H]3O[C@@H](CO)[C@H](O)[C@@H](O)[C@H]3O)cccc21. The van der Waals surface area contributed by atoms with Gasteiger partial charge in [0.05, 0.1) is 34.9 Å². The van der Waals surface area contributed by atoms with Crippen molar-refractivity contribution >= 4 is 34.5 Å². The predicted molar refractivity (Wildman–Crippen MR) is 152 cm³/mol. The number of fused-ring (bicyclic) bond motifs is 2. The Bertz CT molecular complexity index is 1470. The second kappa shape index (κ2) is 11.8. The van der Waals surface area contributed by atoms with Crippen LogP contribution in [0.15, 0.2) is 78.4 Å². The molecule has 0 aliphatic carbocycles. The minimum absolute atomic E-state index is 0.113. The van der Waals surface area contributed by atoms with Crippen LogP contribution in [0.2, 0.25) is 0 Å². The molecule has 0 saturated carbocycles. The minimum atomic E-state index is -1.72. The second-order valence-corrected chi connectivity index (χ2v) is 10.2. The number of allylic oxidation sites excluding steroid dienone is 1. The highest BCUT2D eigenvalue weighted by Gasteiger charge is 2.45. The fraction of sp³-hybridized carbons (Fsp3) is 0.290. The molecule has 2 aliphatic heterocycles. The van der Waals surface area contributed by atoms with E-state index in [1.54, 1.807) is 36.4 Å². The third kappa shape index (κ3) is 5.61. The first-order valence-corrected chi connectivity index (χ1v) is 13.3. The van der Waals surface area contributed by atoms with Crippen molar-refractivity contribution in [2.24, 2.45) is 0 Å². The number of para-hydroxylation sites is 1. The molecule has 5 atom stereocenters. The van der Waals surface area contributed by atoms with Gasteiger partial charge in [-0.05, 0) is 44.2 Å². The van der Waals surface area contributed by atoms with Gasteiger partial charge in [0.1, 0.15) is 24.4 Å². The van der Waals surface area contributed by atoms with Crippen LogP contribution in [0.4, 0.5) is 22.7 Å². The Hall–Kier alpha value is -4.06. The van der Waals surface area contributed by atoms with E-state index in [-0.39, 0.29) is 11.3 Å². The molecule has 5 rings (SSSR count). The number of carbonyl (C=O) groups excluding carboxylic acids is 2. The summed E-state index contributed by atoms with van der Waals surface area (Å²) in [4.78, 5) is 28.6. The standard InChI is InChI=1S/C31H32N2O8/c1-17(2)13-14-33-22-10-6-9-20(30(39)41-31-29(38)28(37)27(36)24(16-34)40-31)25(22)32-21-12-11-19(15-23(21)33)26(35)18-7-4-3-5-8-18/h3-13,15,24,27-29,31-32,34,36-38H,14,16H2,1-2H3/t24-,27-,28+,29+,31-/m0/s1. The van der Waals surface area contributed by atoms with Crippen LogP contribution in [-0.4, -0.2) is 76.0 Å². The number of carbonyl (C=O) groups is 2. The van der Waals surface area contributed by atoms with E-state index in [1.165, 1.54) is 0 Å². The number of hydrogen-bond donors (Lipinski definition) is 5. The first-order valence-electron chi connectivity index (χ1n) is 13.3. The van der Waals surface area contributed by atoms with Gasteiger partial charge >= 0.3 is 5.97 Å². The molecule has 1 fully saturated rings. The summed E-state index contributed by atoms with van der Waals surface area (Å²) in [6.07, 6.45) is -5.77. The Morgan fingerprint density at radius 1 is 0.927 bits per heavy atom. The Morgan fingerprint density at radius 3 is 2.39 bits per heavy atom. The molecule has 1 saturated heterocycles. The second-order valence-electron chi connectivity index (χ2n) is 10.2. The summed E-state index contributed by atoms with van der Waals surface area (Å²) >= 11 is 0. The average Bonchev–Trinajstić information content (AvgIpc) is 2.98. The molecule has 5 N–H and O–H groups in total. The molecule has 214 valence electrons. The van der Waals surface area contributed by atoms with Crippen LogP contribution in [0, 0.1) is 0 Å². The van der Waals surface area contributed by atoms with Gasteiger partial charge in [-0.2, -0.15) is 0 Å². The van der Waals surface area contributed by atoms with Crippen molar-refractivity contribution in [3.8, 4) is 0 Å². The van der Waals surface area contributed by atoms with E-state index in [0.29, 0.717) is 34.7 Å². The van der Waals surface area contributed by atoms with Crippen molar-refractivity contribution in [2.45, 2.75) is 44.6 Å². The monoisotopic (exact) mass is 560 g/mol. The van der Waals surface area contributed by atoms with E-state index in [1.807, 2.05) is 55.2 Å². The number of anilines is 4. The molecule has 2 heterocycles. The van der Waals surface area contributed by atoms with Crippen LogP contribution in [0.3, 0.4) is 0 Å². The van der Waals surface area contributed by atoms with Gasteiger partial charge in [0, 0.05) is 17.7 Å². The maximum Gasteiger partial charge on any atom is 0.342 e. The maximum absolute atomic E-state index is 13.4. The Morgan fingerprint density at radius 2 is 1.68 bits per heavy atom. The quantitative estimate of drug-likeness (QED) is 0.166. The smallest absolute Gasteiger partial charge is 0.342 e. The summed E-state index contributed by atoms with van der Waals surface area (Å²) in [5.41, 5.74) is 4.82. The lowest BCUT2D eigenvalue weighted by Crippen LogP contribution is -2.59. The van der Waals surface area contributed by atoms with Gasteiger partial charge < -0.3 is 40.1 Å². The predicted octanol–water partition coefficient (Wildman–Crippen LogP) is 3.04. The van der Waals surface area contributed by atoms with Gasteiger partial charge in [-0.1, -0.05) is 48.0 Å². The van der Waals surface area contributed by atoms with Gasteiger partial charge in [0.25, 0.3) is 0 Å². The highest BCUT2D eigenvalue weighted by Crippen LogP contribution is 2.46. The van der Waals surface area contributed by atoms with Crippen LogP contribution in [0.25, 0.3) is 0 Å². The van der Waals surface area contributed by atoms with Crippen molar-refractivity contribution in [3.05, 3.63) is 95.1 Å². The molecule has 0 spiro atoms. The molecule has 0 bridgehead atoms. The number of hydrogen-bond acceptors (Lipinski definition) is 10. The molecule has 3 aromatic carbocycles. The van der Waals surface area contributed by atoms with E-state index < -0.39 is 43.3 Å². The molecule has 2 aliphatic rings. The molecule has 0 unspecified atom stereocenters. The Balaban J connectivity index is 1.49. The highest BCUT2D eigenvalue weighted by molar-refractivity contribution is 6.11. The van der Waals surface area contributed by atoms with Crippen molar-refractivity contribution in [1.29, 1.82) is 0 Å². The van der Waals surface area contributed by atoms with Crippen molar-refractivity contribution in [3.63, 3.8) is 0 Å². The number of aliphatic hydroxyl groups excluding tert-OH is 4. The van der Waals surface area contributed by atoms with Crippen LogP contribution >= 0.6 is 0 Å². The number of esters is 1. The van der Waals surface area contributed by atoms with Crippen molar-refractivity contribution < 1.29 is 39.5 Å². The highest BCUT2D eigenvalue weighted by atomic mass is 16.7. The normalized spacial score (nSPS) is 23.1. The molecule has 0 radical (unpaired) electrons. The van der Waals surface area contributed by atoms with E-state index in [9.17, 15) is 30.0 Å². The summed E-state index contributed by atoms with van der Waals surface area (Å²) in [5, 5.41) is 43.2. The summed E-state index contributed by atoms with van der Waals surface area (Å²) in [6.45, 7) is 3.77. The van der Waals surface area contributed by atoms with Crippen LogP contribution in [0.5, 0.6) is 0 Å². The third-order valence-electron chi connectivity index (χ3n) is 7.15. The average molecular weight is 561 g/mol. The number of rotatable bonds is 7. The summed E-state index contributed by atoms with van der Waals surface area (Å²) < 4.78 is 10.8. The van der Waals surface area contributed by atoms with E-state index in [4.69, 9.17) is 9.47 Å². The van der Waals surface area contributed by atoms with Crippen molar-refractivity contribution in [2.75, 3.05) is 23.4 Å². The van der Waals surface area contributed by atoms with Crippen LogP contribution in [0.1, 0.15) is 40.1 Å². The first kappa shape index (κ1) is 28.5. The number of aliphatic hydroxyl groups is 4. The lowest BCUT2D eigenvalue weighted by Gasteiger charge is -2.39. The van der Waals surface area contributed by atoms with E-state index >= 15 is 0 Å². The number of benzene rings is 3. The fourth-order valence-electron chi connectivity index (χ4n) is 4.89. The van der Waals surface area contributed by atoms with E-state index in [2.05, 4.69) is 5.32 Å². The molecule has 0 aromatic heterocycles. The molecule has 41 heavy (non-hydrogen) atoms. The summed E-state index contributed by atoms with van der Waals surface area (Å²) in [5.74, 6) is -0.960. The summed E-state index contributed by atoms with van der Waals surface area (Å²) in [6, 6.07) is 19.4. The number of nitrogens with one attached hydrogen (secondary N) is 1. The van der Waals surface area contributed by atoms with Gasteiger partial charge in [0.2, 0.25) is 6.29 Å². The van der Waals surface area contributed by atoms with Crippen LogP contribution in [-0.2, 0) is 9.47 Å². The topological polar surface area (TPSA) is 149 Å². The van der Waals surface area contributed by atoms with Crippen molar-refractivity contribution in [1.82, 2.24) is 0 Å². The zero-order valence-electron chi connectivity index (χ0n) is 22.6. The summed E-state index contributed by atoms with van der Waals surface area (Å²) in [7, 11) is 0. The molecule has 10 heteroatoms. The van der Waals surface area contributed by atoms with Crippen LogP contribution < -0.4 is 10.2 Å². The lowest BCUT2D eigenvalue weighted by molar-refractivity contribution is -0.285. The Labute approximate surface area is 237 Å². The zero-order valence-corrected chi connectivity index (χ0v) is 22.6. The third-order valence-corrected chi connectivity index (χ3v) is 7.15. The molecular formula is C31H32N2O8. The molecule has 0 amide bonds. The van der Waals surface area contributed by atoms with Gasteiger partial charge in [0.15, 0.2) is 5.78 Å². The van der Waals surface area contributed by atoms with Gasteiger partial charge in [-0.25, -0.2) is 4.79 Å². The Kier molecular flexibility index (Phi) is 8.20. The first-order chi connectivity index (χ1) is 19.7. The fourth-order valence-corrected chi connectivity index (χ4v) is 4.89. The molecular weight excluding hydrogens is 528 g/mol. The minimum Gasteiger partial charge on any atom is -0.429 e. The molecule has 10 nitrogen and oxygen atoms in total. The number of ether oxygens (including phenoxy) is 2. The zero-order chi connectivity index (χ0) is 29.3. The number of ketones is 1. The largest absolute Gasteiger partial charge is 0.429 e. The van der Waals surface area contributed by atoms with Gasteiger partial charge in [-0.15, -0.1) is 0 Å². The number of nitrogens with zero attached hydrogens (tertiary/aromatic N) is 1. The maximum atomic E-state index is 13.4. The van der Waals surface area contributed by atoms with Gasteiger partial charge in [-0.3, -0.25) is 4.79 Å². The molecule has 3 aromatic rings.